The topological polar surface area (TPSA) is 23.5 Å². The lowest BCUT2D eigenvalue weighted by Gasteiger charge is -2.36. The summed E-state index contributed by atoms with van der Waals surface area (Å²) in [5, 5.41) is 9.65. The molecule has 3 heteroatoms. The van der Waals surface area contributed by atoms with Gasteiger partial charge in [-0.2, -0.15) is 0 Å². The first-order valence-corrected chi connectivity index (χ1v) is 8.17. The van der Waals surface area contributed by atoms with E-state index in [9.17, 15) is 5.11 Å². The lowest BCUT2D eigenvalue weighted by molar-refractivity contribution is 0.199. The van der Waals surface area contributed by atoms with Crippen LogP contribution in [0.1, 0.15) is 57.6 Å². The van der Waals surface area contributed by atoms with E-state index >= 15 is 0 Å². The van der Waals surface area contributed by atoms with Crippen LogP contribution < -0.4 is 4.90 Å². The molecule has 1 aromatic rings. The molecule has 1 aliphatic carbocycles. The van der Waals surface area contributed by atoms with E-state index < -0.39 is 6.10 Å². The van der Waals surface area contributed by atoms with E-state index in [0.29, 0.717) is 6.04 Å². The summed E-state index contributed by atoms with van der Waals surface area (Å²) < 4.78 is 1.10. The molecule has 0 saturated heterocycles. The first-order chi connectivity index (χ1) is 9.13. The highest BCUT2D eigenvalue weighted by Gasteiger charge is 2.21. The molecule has 0 amide bonds. The fourth-order valence-electron chi connectivity index (χ4n) is 3.03. The Morgan fingerprint density at radius 1 is 1.32 bits per heavy atom. The number of aliphatic hydroxyl groups excluding tert-OH is 1. The van der Waals surface area contributed by atoms with Crippen molar-refractivity contribution in [1.82, 2.24) is 0 Å². The van der Waals surface area contributed by atoms with Gasteiger partial charge in [-0.1, -0.05) is 25.3 Å². The van der Waals surface area contributed by atoms with Crippen molar-refractivity contribution in [3.05, 3.63) is 28.2 Å². The van der Waals surface area contributed by atoms with E-state index in [0.717, 1.165) is 16.6 Å². The Labute approximate surface area is 124 Å². The van der Waals surface area contributed by atoms with Crippen molar-refractivity contribution in [2.75, 3.05) is 11.4 Å². The van der Waals surface area contributed by atoms with Gasteiger partial charge in [-0.15, -0.1) is 0 Å². The van der Waals surface area contributed by atoms with E-state index in [4.69, 9.17) is 0 Å². The lowest BCUT2D eigenvalue weighted by atomic mass is 9.93. The maximum absolute atomic E-state index is 9.65. The molecule has 0 spiro atoms. The molecule has 0 aliphatic heterocycles. The molecule has 1 aliphatic rings. The number of halogens is 1. The summed E-state index contributed by atoms with van der Waals surface area (Å²) in [6.07, 6.45) is 6.29. The zero-order chi connectivity index (χ0) is 13.8. The van der Waals surface area contributed by atoms with Gasteiger partial charge in [0.25, 0.3) is 0 Å². The van der Waals surface area contributed by atoms with Gasteiger partial charge in [-0.05, 0) is 60.3 Å². The molecule has 2 nitrogen and oxygen atoms in total. The first kappa shape index (κ1) is 14.9. The summed E-state index contributed by atoms with van der Waals surface area (Å²) in [4.78, 5) is 2.51. The van der Waals surface area contributed by atoms with Crippen LogP contribution >= 0.6 is 15.9 Å². The number of benzene rings is 1. The molecule has 1 unspecified atom stereocenters. The molecular formula is C16H24BrNO. The fourth-order valence-corrected chi connectivity index (χ4v) is 3.66. The molecule has 1 saturated carbocycles. The second-order valence-electron chi connectivity index (χ2n) is 5.46. The van der Waals surface area contributed by atoms with Crippen LogP contribution in [-0.2, 0) is 0 Å². The number of nitrogens with zero attached hydrogens (tertiary/aromatic N) is 1. The summed E-state index contributed by atoms with van der Waals surface area (Å²) in [5.74, 6) is 0. The minimum Gasteiger partial charge on any atom is -0.389 e. The molecule has 2 rings (SSSR count). The Balaban J connectivity index is 2.22. The second-order valence-corrected chi connectivity index (χ2v) is 6.32. The van der Waals surface area contributed by atoms with Crippen LogP contribution in [0.15, 0.2) is 22.7 Å². The number of hydrogen-bond acceptors (Lipinski definition) is 2. The molecule has 1 aromatic carbocycles. The molecule has 106 valence electrons. The van der Waals surface area contributed by atoms with Crippen LogP contribution in [-0.4, -0.2) is 17.7 Å². The van der Waals surface area contributed by atoms with E-state index in [-0.39, 0.29) is 0 Å². The molecule has 0 heterocycles. The number of hydrogen-bond donors (Lipinski definition) is 1. The summed E-state index contributed by atoms with van der Waals surface area (Å²) >= 11 is 3.67. The van der Waals surface area contributed by atoms with Crippen molar-refractivity contribution in [2.45, 2.75) is 58.1 Å². The van der Waals surface area contributed by atoms with Gasteiger partial charge < -0.3 is 10.0 Å². The minimum atomic E-state index is -0.407. The van der Waals surface area contributed by atoms with Gasteiger partial charge in [-0.25, -0.2) is 0 Å². The van der Waals surface area contributed by atoms with Crippen molar-refractivity contribution in [3.8, 4) is 0 Å². The summed E-state index contributed by atoms with van der Waals surface area (Å²) in [6, 6.07) is 6.90. The SMILES string of the molecule is CCN(c1ccc(C(C)O)cc1Br)C1CCCCC1. The van der Waals surface area contributed by atoms with E-state index in [1.807, 2.05) is 12.1 Å². The van der Waals surface area contributed by atoms with Crippen molar-refractivity contribution in [3.63, 3.8) is 0 Å². The third kappa shape index (κ3) is 3.51. The normalized spacial score (nSPS) is 18.3. The molecule has 1 fully saturated rings. The Morgan fingerprint density at radius 3 is 2.53 bits per heavy atom. The molecule has 19 heavy (non-hydrogen) atoms. The van der Waals surface area contributed by atoms with Crippen LogP contribution in [0.4, 0.5) is 5.69 Å². The van der Waals surface area contributed by atoms with Gasteiger partial charge in [0.2, 0.25) is 0 Å². The van der Waals surface area contributed by atoms with E-state index in [2.05, 4.69) is 33.8 Å². The second kappa shape index (κ2) is 6.76. The molecular weight excluding hydrogens is 302 g/mol. The molecule has 0 radical (unpaired) electrons. The molecule has 1 atom stereocenters. The monoisotopic (exact) mass is 325 g/mol. The van der Waals surface area contributed by atoms with Crippen molar-refractivity contribution < 1.29 is 5.11 Å². The van der Waals surface area contributed by atoms with Gasteiger partial charge in [0.05, 0.1) is 11.8 Å². The average Bonchev–Trinajstić information content (AvgIpc) is 2.42. The van der Waals surface area contributed by atoms with Crippen molar-refractivity contribution in [2.24, 2.45) is 0 Å². The zero-order valence-electron chi connectivity index (χ0n) is 11.9. The Morgan fingerprint density at radius 2 is 2.00 bits per heavy atom. The average molecular weight is 326 g/mol. The van der Waals surface area contributed by atoms with Crippen molar-refractivity contribution in [1.29, 1.82) is 0 Å². The van der Waals surface area contributed by atoms with E-state index in [1.165, 1.54) is 37.8 Å². The van der Waals surface area contributed by atoms with Gasteiger partial charge in [0.15, 0.2) is 0 Å². The maximum Gasteiger partial charge on any atom is 0.0762 e. The Bertz CT molecular complexity index is 413. The summed E-state index contributed by atoms with van der Waals surface area (Å²) in [6.45, 7) is 5.07. The standard InChI is InChI=1S/C16H24BrNO/c1-3-18(14-7-5-4-6-8-14)16-10-9-13(12(2)19)11-15(16)17/h9-12,14,19H,3-8H2,1-2H3. The number of rotatable bonds is 4. The summed E-state index contributed by atoms with van der Waals surface area (Å²) in [5.41, 5.74) is 2.23. The van der Waals surface area contributed by atoms with Crippen molar-refractivity contribution >= 4 is 21.6 Å². The molecule has 0 bridgehead atoms. The Hall–Kier alpha value is -0.540. The van der Waals surface area contributed by atoms with E-state index in [1.54, 1.807) is 6.92 Å². The highest BCUT2D eigenvalue weighted by Crippen LogP contribution is 2.33. The predicted octanol–water partition coefficient (Wildman–Crippen LogP) is 4.66. The van der Waals surface area contributed by atoms with Crippen LogP contribution in [0, 0.1) is 0 Å². The zero-order valence-corrected chi connectivity index (χ0v) is 13.5. The van der Waals surface area contributed by atoms with Crippen LogP contribution in [0.25, 0.3) is 0 Å². The third-order valence-electron chi connectivity index (χ3n) is 4.12. The quantitative estimate of drug-likeness (QED) is 0.870. The summed E-state index contributed by atoms with van der Waals surface area (Å²) in [7, 11) is 0. The predicted molar refractivity (Wildman–Crippen MR) is 84.7 cm³/mol. The van der Waals surface area contributed by atoms with Gasteiger partial charge >= 0.3 is 0 Å². The molecule has 0 aromatic heterocycles. The van der Waals surface area contributed by atoms with Crippen LogP contribution in [0.5, 0.6) is 0 Å². The highest BCUT2D eigenvalue weighted by atomic mass is 79.9. The maximum atomic E-state index is 9.65. The fraction of sp³-hybridized carbons (Fsp3) is 0.625. The highest BCUT2D eigenvalue weighted by molar-refractivity contribution is 9.10. The van der Waals surface area contributed by atoms with Crippen LogP contribution in [0.2, 0.25) is 0 Å². The molecule has 1 N–H and O–H groups in total. The van der Waals surface area contributed by atoms with Gasteiger partial charge in [-0.3, -0.25) is 0 Å². The lowest BCUT2D eigenvalue weighted by Crippen LogP contribution is -2.36. The number of anilines is 1. The number of aliphatic hydroxyl groups is 1. The van der Waals surface area contributed by atoms with Gasteiger partial charge in [0, 0.05) is 17.1 Å². The largest absolute Gasteiger partial charge is 0.389 e. The van der Waals surface area contributed by atoms with Crippen LogP contribution in [0.3, 0.4) is 0 Å². The first-order valence-electron chi connectivity index (χ1n) is 7.37. The smallest absolute Gasteiger partial charge is 0.0762 e. The van der Waals surface area contributed by atoms with Gasteiger partial charge in [0.1, 0.15) is 0 Å². The minimum absolute atomic E-state index is 0.407. The third-order valence-corrected chi connectivity index (χ3v) is 4.75. The Kier molecular flexibility index (Phi) is 5.28.